The van der Waals surface area contributed by atoms with Crippen molar-refractivity contribution in [2.45, 2.75) is 105 Å². The number of aliphatic hydroxyl groups is 8. The summed E-state index contributed by atoms with van der Waals surface area (Å²) in [5, 5.41) is 79.1. The minimum atomic E-state index is -1.60. The van der Waals surface area contributed by atoms with Crippen LogP contribution in [-0.2, 0) is 37.9 Å². The van der Waals surface area contributed by atoms with Gasteiger partial charge in [0.15, 0.2) is 18.4 Å². The highest BCUT2D eigenvalue weighted by molar-refractivity contribution is 4.95. The van der Waals surface area contributed by atoms with Gasteiger partial charge in [-0.15, -0.1) is 0 Å². The lowest BCUT2D eigenvalue weighted by Gasteiger charge is -2.40. The van der Waals surface area contributed by atoms with Crippen LogP contribution in [-0.4, -0.2) is 166 Å². The lowest BCUT2D eigenvalue weighted by Crippen LogP contribution is -2.60. The molecule has 14 atom stereocenters. The fraction of sp³-hybridized carbons (Fsp3) is 1.00. The Hall–Kier alpha value is -0.640. The molecule has 4 heterocycles. The first-order chi connectivity index (χ1) is 18.0. The van der Waals surface area contributed by atoms with Gasteiger partial charge < -0.3 is 78.7 Å². The average molecular weight is 559 g/mol. The van der Waals surface area contributed by atoms with Crippen molar-refractivity contribution in [1.82, 2.24) is 0 Å². The van der Waals surface area contributed by atoms with Crippen LogP contribution in [0.25, 0.3) is 0 Å². The molecule has 4 rings (SSSR count). The number of hydrogen-bond acceptors (Lipinski definition) is 16. The van der Waals surface area contributed by atoms with Crippen LogP contribution in [0.5, 0.6) is 0 Å². The quantitative estimate of drug-likeness (QED) is 0.132. The molecule has 4 saturated heterocycles. The molecule has 0 amide bonds. The van der Waals surface area contributed by atoms with Crippen molar-refractivity contribution in [2.75, 3.05) is 33.2 Å². The first kappa shape index (κ1) is 30.3. The fourth-order valence-corrected chi connectivity index (χ4v) is 4.92. The molecule has 0 aliphatic carbocycles. The van der Waals surface area contributed by atoms with Crippen molar-refractivity contribution < 1.29 is 78.7 Å². The molecule has 8 N–H and O–H groups in total. The van der Waals surface area contributed by atoms with Crippen molar-refractivity contribution in [3.05, 3.63) is 0 Å². The topological polar surface area (TPSA) is 236 Å². The summed E-state index contributed by atoms with van der Waals surface area (Å²) in [5.74, 6) is -1.07. The fourth-order valence-electron chi connectivity index (χ4n) is 4.92. The van der Waals surface area contributed by atoms with Crippen LogP contribution in [0.4, 0.5) is 0 Å². The first-order valence-corrected chi connectivity index (χ1v) is 12.4. The number of ether oxygens (including phenoxy) is 8. The molecule has 16 heteroatoms. The smallest absolute Gasteiger partial charge is 0.186 e. The van der Waals surface area contributed by atoms with Crippen LogP contribution in [0.3, 0.4) is 0 Å². The zero-order valence-corrected chi connectivity index (χ0v) is 21.0. The molecule has 0 aromatic heterocycles. The molecule has 1 unspecified atom stereocenters. The van der Waals surface area contributed by atoms with E-state index in [1.54, 1.807) is 13.8 Å². The summed E-state index contributed by atoms with van der Waals surface area (Å²) in [6.45, 7) is 1.63. The second kappa shape index (κ2) is 12.5. The molecule has 0 aromatic carbocycles. The number of rotatable bonds is 9. The molecule has 4 aliphatic heterocycles. The first-order valence-electron chi connectivity index (χ1n) is 12.4. The zero-order valence-electron chi connectivity index (χ0n) is 21.0. The summed E-state index contributed by atoms with van der Waals surface area (Å²) in [5.41, 5.74) is 0. The van der Waals surface area contributed by atoms with Gasteiger partial charge in [-0.3, -0.25) is 0 Å². The summed E-state index contributed by atoms with van der Waals surface area (Å²) >= 11 is 0. The van der Waals surface area contributed by atoms with Crippen LogP contribution in [0, 0.1) is 0 Å². The van der Waals surface area contributed by atoms with E-state index < -0.39 is 105 Å². The van der Waals surface area contributed by atoms with Gasteiger partial charge in [0.25, 0.3) is 0 Å². The third kappa shape index (κ3) is 6.31. The molecule has 16 nitrogen and oxygen atoms in total. The zero-order chi connectivity index (χ0) is 27.8. The van der Waals surface area contributed by atoms with E-state index in [2.05, 4.69) is 0 Å². The van der Waals surface area contributed by atoms with E-state index in [4.69, 9.17) is 37.9 Å². The Morgan fingerprint density at radius 1 is 0.605 bits per heavy atom. The van der Waals surface area contributed by atoms with Gasteiger partial charge in [-0.1, -0.05) is 0 Å². The normalized spacial score (nSPS) is 49.4. The molecule has 38 heavy (non-hydrogen) atoms. The maximum Gasteiger partial charge on any atom is 0.186 e. The van der Waals surface area contributed by atoms with Gasteiger partial charge >= 0.3 is 0 Å². The molecule has 0 saturated carbocycles. The molecular weight excluding hydrogens is 520 g/mol. The monoisotopic (exact) mass is 558 g/mol. The molecular formula is C22H38O16. The predicted molar refractivity (Wildman–Crippen MR) is 118 cm³/mol. The highest BCUT2D eigenvalue weighted by Gasteiger charge is 2.52. The van der Waals surface area contributed by atoms with E-state index in [0.717, 1.165) is 0 Å². The summed E-state index contributed by atoms with van der Waals surface area (Å²) in [6.07, 6.45) is -17.5. The molecule has 4 aliphatic rings. The van der Waals surface area contributed by atoms with E-state index in [9.17, 15) is 40.9 Å². The molecule has 4 fully saturated rings. The molecule has 0 spiro atoms. The van der Waals surface area contributed by atoms with Crippen molar-refractivity contribution in [1.29, 1.82) is 0 Å². The van der Waals surface area contributed by atoms with Crippen molar-refractivity contribution in [3.63, 3.8) is 0 Å². The van der Waals surface area contributed by atoms with Crippen LogP contribution in [0.2, 0.25) is 0 Å². The lowest BCUT2D eigenvalue weighted by molar-refractivity contribution is -0.306. The Balaban J connectivity index is 1.37. The summed E-state index contributed by atoms with van der Waals surface area (Å²) < 4.78 is 45.3. The van der Waals surface area contributed by atoms with Crippen LogP contribution >= 0.6 is 0 Å². The van der Waals surface area contributed by atoms with Crippen molar-refractivity contribution >= 4 is 0 Å². The lowest BCUT2D eigenvalue weighted by atomic mass is 9.99. The van der Waals surface area contributed by atoms with E-state index in [1.165, 1.54) is 0 Å². The minimum Gasteiger partial charge on any atom is -0.394 e. The van der Waals surface area contributed by atoms with Crippen LogP contribution < -0.4 is 0 Å². The Bertz CT molecular complexity index is 753. The van der Waals surface area contributed by atoms with Gasteiger partial charge in [-0.25, -0.2) is 0 Å². The van der Waals surface area contributed by atoms with E-state index in [0.29, 0.717) is 0 Å². The number of aliphatic hydroxyl groups excluding tert-OH is 8. The largest absolute Gasteiger partial charge is 0.394 e. The highest BCUT2D eigenvalue weighted by Crippen LogP contribution is 2.35. The third-order valence-corrected chi connectivity index (χ3v) is 7.00. The summed E-state index contributed by atoms with van der Waals surface area (Å²) in [4.78, 5) is 0. The maximum atomic E-state index is 10.2. The maximum absolute atomic E-state index is 10.2. The van der Waals surface area contributed by atoms with Crippen molar-refractivity contribution in [2.24, 2.45) is 0 Å². The van der Waals surface area contributed by atoms with Gasteiger partial charge in [-0.05, 0) is 13.8 Å². The standard InChI is InChI=1S/C22H38O16/c1-22(2)37-11(6-32-21-17(30)15(28)13(26)9(4-24)36-21)19(38-22)18-10(33-7-34-18)5-31-20-16(29)14(27)12(25)8(3-23)35-20/h8-21,23-30H,3-7H2,1-2H3/t8-,9-,10+,11-,12-,13-,14+,15+,16-,17-,18-,19+,20-,21?/m1/s1. The Labute approximate surface area is 218 Å². The van der Waals surface area contributed by atoms with Gasteiger partial charge in [0.2, 0.25) is 0 Å². The van der Waals surface area contributed by atoms with Gasteiger partial charge in [-0.2, -0.15) is 0 Å². The third-order valence-electron chi connectivity index (χ3n) is 7.00. The second-order valence-corrected chi connectivity index (χ2v) is 10.2. The summed E-state index contributed by atoms with van der Waals surface area (Å²) in [6, 6.07) is 0. The van der Waals surface area contributed by atoms with Gasteiger partial charge in [0, 0.05) is 0 Å². The van der Waals surface area contributed by atoms with E-state index in [-0.39, 0.29) is 20.0 Å². The predicted octanol–water partition coefficient (Wildman–Crippen LogP) is -5.12. The Morgan fingerprint density at radius 2 is 1.11 bits per heavy atom. The van der Waals surface area contributed by atoms with Crippen LogP contribution in [0.15, 0.2) is 0 Å². The molecule has 0 aromatic rings. The average Bonchev–Trinajstić information content (AvgIpc) is 3.48. The second-order valence-electron chi connectivity index (χ2n) is 10.2. The summed E-state index contributed by atoms with van der Waals surface area (Å²) in [7, 11) is 0. The molecule has 222 valence electrons. The van der Waals surface area contributed by atoms with E-state index in [1.807, 2.05) is 0 Å². The number of hydrogen-bond donors (Lipinski definition) is 8. The van der Waals surface area contributed by atoms with Crippen molar-refractivity contribution in [3.8, 4) is 0 Å². The van der Waals surface area contributed by atoms with E-state index >= 15 is 0 Å². The highest BCUT2D eigenvalue weighted by atomic mass is 16.8. The molecule has 0 radical (unpaired) electrons. The SMILES string of the molecule is CC1(C)O[C@H]([C@@H]2OCO[C@H]2CO[C@@H]2O[C@H](CO)[C@@H](O)[C@H](O)[C@H]2O)[C@@H](COC2O[C@H](CO)[C@@H](O)[C@H](O)[C@H]2O)O1. The Kier molecular flexibility index (Phi) is 9.96. The van der Waals surface area contributed by atoms with Gasteiger partial charge in [0.1, 0.15) is 80.0 Å². The molecule has 0 bridgehead atoms. The minimum absolute atomic E-state index is 0.117. The van der Waals surface area contributed by atoms with Gasteiger partial charge in [0.05, 0.1) is 26.4 Å². The Morgan fingerprint density at radius 3 is 1.61 bits per heavy atom. The van der Waals surface area contributed by atoms with Crippen LogP contribution in [0.1, 0.15) is 13.8 Å².